The first kappa shape index (κ1) is 13.7. The molecule has 1 N–H and O–H groups in total. The molecule has 2 nitrogen and oxygen atoms in total. The minimum absolute atomic E-state index is 0.219. The first-order valence-corrected chi connectivity index (χ1v) is 6.51. The SMILES string of the molecule is Cc1ccc(-c2cc(F)ccc2CNC(C)C)cn1. The van der Waals surface area contributed by atoms with Crippen LogP contribution in [0.5, 0.6) is 0 Å². The van der Waals surface area contributed by atoms with Crippen LogP contribution >= 0.6 is 0 Å². The third kappa shape index (κ3) is 3.61. The number of hydrogen-bond donors (Lipinski definition) is 1. The number of halogens is 1. The summed E-state index contributed by atoms with van der Waals surface area (Å²) in [6.07, 6.45) is 1.79. The summed E-state index contributed by atoms with van der Waals surface area (Å²) in [5, 5.41) is 3.36. The van der Waals surface area contributed by atoms with Crippen LogP contribution in [0.1, 0.15) is 25.1 Å². The van der Waals surface area contributed by atoms with Gasteiger partial charge >= 0.3 is 0 Å². The van der Waals surface area contributed by atoms with Gasteiger partial charge in [0, 0.05) is 30.0 Å². The molecule has 0 saturated carbocycles. The van der Waals surface area contributed by atoms with E-state index in [-0.39, 0.29) is 5.82 Å². The highest BCUT2D eigenvalue weighted by Crippen LogP contribution is 2.24. The molecule has 2 aromatic rings. The number of rotatable bonds is 4. The summed E-state index contributed by atoms with van der Waals surface area (Å²) in [5.41, 5.74) is 3.90. The average Bonchev–Trinajstić information content (AvgIpc) is 2.38. The van der Waals surface area contributed by atoms with E-state index in [1.807, 2.05) is 25.1 Å². The molecule has 0 amide bonds. The zero-order valence-corrected chi connectivity index (χ0v) is 11.6. The van der Waals surface area contributed by atoms with Gasteiger partial charge in [0.1, 0.15) is 5.82 Å². The van der Waals surface area contributed by atoms with Crippen molar-refractivity contribution in [3.8, 4) is 11.1 Å². The van der Waals surface area contributed by atoms with E-state index in [2.05, 4.69) is 24.1 Å². The number of aromatic nitrogens is 1. The second-order valence-corrected chi connectivity index (χ2v) is 5.03. The van der Waals surface area contributed by atoms with Gasteiger partial charge in [0.15, 0.2) is 0 Å². The molecule has 0 saturated heterocycles. The van der Waals surface area contributed by atoms with Crippen LogP contribution in [-0.2, 0) is 6.54 Å². The smallest absolute Gasteiger partial charge is 0.123 e. The molecular formula is C16H19FN2. The first-order valence-electron chi connectivity index (χ1n) is 6.51. The van der Waals surface area contributed by atoms with Crippen LogP contribution in [0, 0.1) is 12.7 Å². The van der Waals surface area contributed by atoms with Gasteiger partial charge in [-0.25, -0.2) is 4.39 Å². The van der Waals surface area contributed by atoms with Crippen molar-refractivity contribution in [2.75, 3.05) is 0 Å². The fraction of sp³-hybridized carbons (Fsp3) is 0.312. The Morgan fingerprint density at radius 3 is 2.63 bits per heavy atom. The van der Waals surface area contributed by atoms with Crippen LogP contribution in [-0.4, -0.2) is 11.0 Å². The number of pyridine rings is 1. The number of nitrogens with zero attached hydrogens (tertiary/aromatic N) is 1. The summed E-state index contributed by atoms with van der Waals surface area (Å²) in [7, 11) is 0. The van der Waals surface area contributed by atoms with Gasteiger partial charge in [-0.05, 0) is 36.2 Å². The molecule has 19 heavy (non-hydrogen) atoms. The van der Waals surface area contributed by atoms with Crippen LogP contribution in [0.3, 0.4) is 0 Å². The quantitative estimate of drug-likeness (QED) is 0.904. The van der Waals surface area contributed by atoms with Crippen molar-refractivity contribution in [1.82, 2.24) is 10.3 Å². The van der Waals surface area contributed by atoms with E-state index < -0.39 is 0 Å². The highest BCUT2D eigenvalue weighted by Gasteiger charge is 2.07. The Balaban J connectivity index is 2.36. The summed E-state index contributed by atoms with van der Waals surface area (Å²) < 4.78 is 13.5. The predicted octanol–water partition coefficient (Wildman–Crippen LogP) is 3.69. The summed E-state index contributed by atoms with van der Waals surface area (Å²) >= 11 is 0. The summed E-state index contributed by atoms with van der Waals surface area (Å²) in [6.45, 7) is 6.85. The van der Waals surface area contributed by atoms with E-state index >= 15 is 0 Å². The largest absolute Gasteiger partial charge is 0.310 e. The Morgan fingerprint density at radius 1 is 1.21 bits per heavy atom. The topological polar surface area (TPSA) is 24.9 Å². The maximum absolute atomic E-state index is 13.5. The zero-order valence-electron chi connectivity index (χ0n) is 11.6. The van der Waals surface area contributed by atoms with E-state index in [9.17, 15) is 4.39 Å². The maximum atomic E-state index is 13.5. The van der Waals surface area contributed by atoms with Crippen LogP contribution in [0.25, 0.3) is 11.1 Å². The van der Waals surface area contributed by atoms with E-state index in [1.54, 1.807) is 12.3 Å². The van der Waals surface area contributed by atoms with Crippen molar-refractivity contribution >= 4 is 0 Å². The van der Waals surface area contributed by atoms with Crippen molar-refractivity contribution < 1.29 is 4.39 Å². The second-order valence-electron chi connectivity index (χ2n) is 5.03. The molecule has 0 fully saturated rings. The van der Waals surface area contributed by atoms with Crippen LogP contribution in [0.15, 0.2) is 36.5 Å². The molecule has 1 aromatic carbocycles. The van der Waals surface area contributed by atoms with Crippen molar-refractivity contribution in [3.63, 3.8) is 0 Å². The van der Waals surface area contributed by atoms with Gasteiger partial charge in [0.05, 0.1) is 0 Å². The summed E-state index contributed by atoms with van der Waals surface area (Å²) in [6, 6.07) is 9.23. The lowest BCUT2D eigenvalue weighted by Crippen LogP contribution is -2.22. The van der Waals surface area contributed by atoms with Crippen LogP contribution in [0.4, 0.5) is 4.39 Å². The molecular weight excluding hydrogens is 239 g/mol. The monoisotopic (exact) mass is 258 g/mol. The lowest BCUT2D eigenvalue weighted by atomic mass is 10.0. The molecule has 0 atom stereocenters. The fourth-order valence-electron chi connectivity index (χ4n) is 1.91. The van der Waals surface area contributed by atoms with Crippen molar-refractivity contribution in [2.45, 2.75) is 33.4 Å². The molecule has 0 radical (unpaired) electrons. The highest BCUT2D eigenvalue weighted by atomic mass is 19.1. The summed E-state index contributed by atoms with van der Waals surface area (Å²) in [4.78, 5) is 4.28. The average molecular weight is 258 g/mol. The third-order valence-corrected chi connectivity index (χ3v) is 3.00. The number of hydrogen-bond acceptors (Lipinski definition) is 2. The molecule has 0 unspecified atom stereocenters. The number of benzene rings is 1. The Morgan fingerprint density at radius 2 is 2.00 bits per heavy atom. The molecule has 0 spiro atoms. The van der Waals surface area contributed by atoms with E-state index in [4.69, 9.17) is 0 Å². The van der Waals surface area contributed by atoms with Gasteiger partial charge in [-0.3, -0.25) is 4.98 Å². The third-order valence-electron chi connectivity index (χ3n) is 3.00. The van der Waals surface area contributed by atoms with Gasteiger partial charge in [-0.1, -0.05) is 26.0 Å². The van der Waals surface area contributed by atoms with E-state index in [1.165, 1.54) is 6.07 Å². The van der Waals surface area contributed by atoms with E-state index in [0.29, 0.717) is 6.04 Å². The van der Waals surface area contributed by atoms with Gasteiger partial charge in [0.25, 0.3) is 0 Å². The molecule has 1 aromatic heterocycles. The molecule has 0 aliphatic rings. The minimum Gasteiger partial charge on any atom is -0.310 e. The normalized spacial score (nSPS) is 11.0. The molecule has 1 heterocycles. The highest BCUT2D eigenvalue weighted by molar-refractivity contribution is 5.66. The number of nitrogens with one attached hydrogen (secondary N) is 1. The Kier molecular flexibility index (Phi) is 4.27. The molecule has 0 aliphatic carbocycles. The molecule has 0 aliphatic heterocycles. The maximum Gasteiger partial charge on any atom is 0.123 e. The molecule has 3 heteroatoms. The predicted molar refractivity (Wildman–Crippen MR) is 76.3 cm³/mol. The van der Waals surface area contributed by atoms with Crippen LogP contribution in [0.2, 0.25) is 0 Å². The lowest BCUT2D eigenvalue weighted by Gasteiger charge is -2.13. The Labute approximate surface area is 113 Å². The van der Waals surface area contributed by atoms with Gasteiger partial charge in [-0.2, -0.15) is 0 Å². The van der Waals surface area contributed by atoms with Gasteiger partial charge < -0.3 is 5.32 Å². The Hall–Kier alpha value is -1.74. The Bertz CT molecular complexity index is 547. The minimum atomic E-state index is -0.219. The fourth-order valence-corrected chi connectivity index (χ4v) is 1.91. The first-order chi connectivity index (χ1) is 9.06. The van der Waals surface area contributed by atoms with E-state index in [0.717, 1.165) is 28.9 Å². The van der Waals surface area contributed by atoms with Gasteiger partial charge in [0.2, 0.25) is 0 Å². The van der Waals surface area contributed by atoms with Crippen molar-refractivity contribution in [1.29, 1.82) is 0 Å². The molecule has 0 bridgehead atoms. The van der Waals surface area contributed by atoms with Crippen LogP contribution < -0.4 is 5.32 Å². The molecule has 2 rings (SSSR count). The zero-order chi connectivity index (χ0) is 13.8. The standard InChI is InChI=1S/C16H19FN2/c1-11(2)18-9-14-6-7-15(17)8-16(14)13-5-4-12(3)19-10-13/h4-8,10-11,18H,9H2,1-3H3. The summed E-state index contributed by atoms with van der Waals surface area (Å²) in [5.74, 6) is -0.219. The van der Waals surface area contributed by atoms with Gasteiger partial charge in [-0.15, -0.1) is 0 Å². The lowest BCUT2D eigenvalue weighted by molar-refractivity contribution is 0.587. The van der Waals surface area contributed by atoms with Crippen molar-refractivity contribution in [3.05, 3.63) is 53.6 Å². The second kappa shape index (κ2) is 5.93. The van der Waals surface area contributed by atoms with Crippen molar-refractivity contribution in [2.24, 2.45) is 0 Å². The molecule has 100 valence electrons. The number of aryl methyl sites for hydroxylation is 1.